The maximum Gasteiger partial charge on any atom is 0.0786 e. The van der Waals surface area contributed by atoms with Crippen molar-refractivity contribution in [3.05, 3.63) is 16.0 Å². The number of nitrogens with zero attached hydrogens (tertiary/aromatic N) is 4. The first-order chi connectivity index (χ1) is 9.66. The zero-order chi connectivity index (χ0) is 15.7. The molecule has 4 heteroatoms. The quantitative estimate of drug-likeness (QED) is 0.186. The molecule has 0 unspecified atom stereocenters. The first-order valence-corrected chi connectivity index (χ1v) is 8.49. The molecule has 0 radical (unpaired) electrons. The fourth-order valence-electron chi connectivity index (χ4n) is 2.64. The molecule has 0 saturated carbocycles. The topological polar surface area (TPSA) is 58.7 Å². The van der Waals surface area contributed by atoms with Crippen molar-refractivity contribution in [3.63, 3.8) is 0 Å². The number of rotatable bonds is 12. The van der Waals surface area contributed by atoms with Gasteiger partial charge in [-0.25, -0.2) is 0 Å². The van der Waals surface area contributed by atoms with E-state index in [0.29, 0.717) is 0 Å². The van der Waals surface area contributed by atoms with Crippen LogP contribution in [0, 0.1) is 0 Å². The second kappa shape index (κ2) is 16.3. The highest BCUT2D eigenvalue weighted by Crippen LogP contribution is 2.16. The van der Waals surface area contributed by atoms with Crippen LogP contribution in [0.2, 0.25) is 0 Å². The minimum absolute atomic E-state index is 1.35. The number of unbranched alkanes of at least 4 members (excludes halogenated alkanes) is 4. The van der Waals surface area contributed by atoms with Crippen molar-refractivity contribution in [2.75, 3.05) is 26.2 Å². The number of quaternary nitrogens is 1. The lowest BCUT2D eigenvalue weighted by Crippen LogP contribution is -2.50. The Kier molecular flexibility index (Phi) is 17.6. The van der Waals surface area contributed by atoms with Gasteiger partial charge in [-0.1, -0.05) is 53.4 Å². The molecule has 0 aliphatic carbocycles. The summed E-state index contributed by atoms with van der Waals surface area (Å²) >= 11 is 0. The van der Waals surface area contributed by atoms with E-state index in [-0.39, 0.29) is 0 Å². The molecule has 0 saturated heterocycles. The molecule has 0 bridgehead atoms. The smallest absolute Gasteiger partial charge is 0.0786 e. The highest BCUT2D eigenvalue weighted by atomic mass is 15.3. The molecule has 0 rings (SSSR count). The highest BCUT2D eigenvalue weighted by molar-refractivity contribution is 4.49. The van der Waals surface area contributed by atoms with Gasteiger partial charge >= 0.3 is 0 Å². The molecule has 0 atom stereocenters. The Labute approximate surface area is 126 Å². The van der Waals surface area contributed by atoms with Crippen LogP contribution in [0.3, 0.4) is 0 Å². The van der Waals surface area contributed by atoms with Crippen LogP contribution >= 0.6 is 0 Å². The highest BCUT2D eigenvalue weighted by Gasteiger charge is 2.24. The second-order valence-corrected chi connectivity index (χ2v) is 5.74. The van der Waals surface area contributed by atoms with Crippen LogP contribution in [0.1, 0.15) is 79.1 Å². The van der Waals surface area contributed by atoms with Gasteiger partial charge in [0.2, 0.25) is 0 Å². The van der Waals surface area contributed by atoms with E-state index in [1.807, 2.05) is 0 Å². The largest absolute Gasteiger partial charge is 0.373 e. The van der Waals surface area contributed by atoms with Crippen LogP contribution in [-0.2, 0) is 0 Å². The Bertz CT molecular complexity index is 185. The van der Waals surface area contributed by atoms with Gasteiger partial charge in [0.1, 0.15) is 0 Å². The van der Waals surface area contributed by atoms with Gasteiger partial charge in [-0.3, -0.25) is 4.91 Å². The zero-order valence-electron chi connectivity index (χ0n) is 14.3. The third kappa shape index (κ3) is 12.3. The Hall–Kier alpha value is -0.730. The summed E-state index contributed by atoms with van der Waals surface area (Å²) in [6, 6.07) is 0. The van der Waals surface area contributed by atoms with Crippen LogP contribution in [0.25, 0.3) is 16.0 Å². The molecule has 0 amide bonds. The Morgan fingerprint density at radius 2 is 0.800 bits per heavy atom. The van der Waals surface area contributed by atoms with E-state index in [0.717, 1.165) is 0 Å². The molecular formula is C16H36N4. The van der Waals surface area contributed by atoms with Crippen molar-refractivity contribution < 1.29 is 4.48 Å². The van der Waals surface area contributed by atoms with Crippen LogP contribution in [0.4, 0.5) is 0 Å². The molecule has 0 N–H and O–H groups in total. The van der Waals surface area contributed by atoms with E-state index in [2.05, 4.69) is 27.7 Å². The van der Waals surface area contributed by atoms with Gasteiger partial charge in [0.15, 0.2) is 0 Å². The van der Waals surface area contributed by atoms with E-state index in [9.17, 15) is 0 Å². The number of hydrogen-bond donors (Lipinski definition) is 0. The van der Waals surface area contributed by atoms with Crippen molar-refractivity contribution in [3.8, 4) is 0 Å². The van der Waals surface area contributed by atoms with Crippen LogP contribution in [0.15, 0.2) is 0 Å². The number of hydrogen-bond acceptors (Lipinski definition) is 0. The van der Waals surface area contributed by atoms with Crippen molar-refractivity contribution in [2.24, 2.45) is 0 Å². The van der Waals surface area contributed by atoms with Crippen molar-refractivity contribution >= 4 is 0 Å². The summed E-state index contributed by atoms with van der Waals surface area (Å²) in [6.07, 6.45) is 11.1. The first-order valence-electron chi connectivity index (χ1n) is 8.49. The molecular weight excluding hydrogens is 248 g/mol. The molecule has 0 spiro atoms. The van der Waals surface area contributed by atoms with Crippen LogP contribution in [-0.4, -0.2) is 30.7 Å². The van der Waals surface area contributed by atoms with Gasteiger partial charge in [0.05, 0.1) is 26.2 Å². The van der Waals surface area contributed by atoms with E-state index < -0.39 is 0 Å². The molecule has 0 heterocycles. The van der Waals surface area contributed by atoms with Crippen molar-refractivity contribution in [2.45, 2.75) is 79.1 Å². The fourth-order valence-corrected chi connectivity index (χ4v) is 2.64. The summed E-state index contributed by atoms with van der Waals surface area (Å²) in [5.74, 6) is 0. The molecule has 0 aliphatic heterocycles. The standard InChI is InChI=1S/C16H36N.N3/c1-5-9-13-17(14-10-6-2,15-11-7-3)16-12-8-4;1-3-2/h5-16H2,1-4H3;/q+1;-1. The summed E-state index contributed by atoms with van der Waals surface area (Å²) in [4.78, 5) is 1.50. The van der Waals surface area contributed by atoms with Gasteiger partial charge in [-0.15, -0.1) is 0 Å². The van der Waals surface area contributed by atoms with Crippen LogP contribution in [0.5, 0.6) is 0 Å². The average Bonchev–Trinajstić information content (AvgIpc) is 2.46. The van der Waals surface area contributed by atoms with E-state index >= 15 is 0 Å². The maximum absolute atomic E-state index is 6.75. The summed E-state index contributed by atoms with van der Waals surface area (Å²) < 4.78 is 1.42. The third-order valence-corrected chi connectivity index (χ3v) is 3.94. The van der Waals surface area contributed by atoms with Crippen molar-refractivity contribution in [1.82, 2.24) is 0 Å². The molecule has 20 heavy (non-hydrogen) atoms. The lowest BCUT2D eigenvalue weighted by Gasteiger charge is -2.39. The van der Waals surface area contributed by atoms with Gasteiger partial charge in [0, 0.05) is 0 Å². The van der Waals surface area contributed by atoms with E-state index in [4.69, 9.17) is 11.1 Å². The van der Waals surface area contributed by atoms with Gasteiger partial charge < -0.3 is 15.5 Å². The average molecular weight is 284 g/mol. The zero-order valence-corrected chi connectivity index (χ0v) is 14.3. The normalized spacial score (nSPS) is 10.6. The molecule has 120 valence electrons. The summed E-state index contributed by atoms with van der Waals surface area (Å²) in [5.41, 5.74) is 13.5. The SMILES string of the molecule is CCCC[N+](CCCC)(CCCC)CCCC.[N-]=[N+]=[N-]. The lowest BCUT2D eigenvalue weighted by molar-refractivity contribution is -0.929. The molecule has 4 nitrogen and oxygen atoms in total. The van der Waals surface area contributed by atoms with E-state index in [1.165, 1.54) is 86.9 Å². The minimum Gasteiger partial charge on any atom is -0.373 e. The Balaban J connectivity index is 0. The minimum atomic E-state index is 1.35. The first kappa shape index (κ1) is 21.6. The molecule has 0 aliphatic rings. The van der Waals surface area contributed by atoms with Gasteiger partial charge in [-0.2, -0.15) is 0 Å². The van der Waals surface area contributed by atoms with Gasteiger partial charge in [0.25, 0.3) is 0 Å². The van der Waals surface area contributed by atoms with Crippen molar-refractivity contribution in [1.29, 1.82) is 0 Å². The fraction of sp³-hybridized carbons (Fsp3) is 1.00. The summed E-state index contributed by atoms with van der Waals surface area (Å²) in [7, 11) is 0. The second-order valence-electron chi connectivity index (χ2n) is 5.74. The Morgan fingerprint density at radius 3 is 0.950 bits per heavy atom. The third-order valence-electron chi connectivity index (χ3n) is 3.94. The maximum atomic E-state index is 6.75. The summed E-state index contributed by atoms with van der Waals surface area (Å²) in [5, 5.41) is 0. The molecule has 0 aromatic heterocycles. The predicted molar refractivity (Wildman–Crippen MR) is 89.4 cm³/mol. The monoisotopic (exact) mass is 284 g/mol. The molecule has 0 aromatic rings. The van der Waals surface area contributed by atoms with Crippen LogP contribution < -0.4 is 0 Å². The molecule has 0 aromatic carbocycles. The summed E-state index contributed by atoms with van der Waals surface area (Å²) in [6.45, 7) is 15.0. The lowest BCUT2D eigenvalue weighted by atomic mass is 10.1. The molecule has 0 fully saturated rings. The van der Waals surface area contributed by atoms with E-state index in [1.54, 1.807) is 0 Å². The Morgan fingerprint density at radius 1 is 0.600 bits per heavy atom. The predicted octanol–water partition coefficient (Wildman–Crippen LogP) is 5.87. The van der Waals surface area contributed by atoms with Gasteiger partial charge in [-0.05, 0) is 25.7 Å².